The van der Waals surface area contributed by atoms with Crippen LogP contribution in [0.3, 0.4) is 0 Å². The highest BCUT2D eigenvalue weighted by Crippen LogP contribution is 2.38. The Morgan fingerprint density at radius 2 is 1.76 bits per heavy atom. The molecule has 9 nitrogen and oxygen atoms in total. The van der Waals surface area contributed by atoms with E-state index in [-0.39, 0.29) is 11.5 Å². The van der Waals surface area contributed by atoms with Crippen molar-refractivity contribution in [2.24, 2.45) is 7.05 Å². The molecular formula is C36H45N5O4. The standard InChI is InChI=1S/C36H45N5O4/c1-24-21-40(26(3)42)22-25(2)41(24)17-18-45-29-11-9-27(10-12-29)28-13-15-39(16-14-28)35-19-34(44-5)32(20-37-35)33-23-38(4)36(43)31-8-6-7-30(31)33/h6-7,9-12,19-20,23-25,28H,8,13-18,21-22H2,1-5H3/t24-,25+. The highest BCUT2D eigenvalue weighted by molar-refractivity contribution is 5.82. The summed E-state index contributed by atoms with van der Waals surface area (Å²) >= 11 is 0. The summed E-state index contributed by atoms with van der Waals surface area (Å²) in [7, 11) is 3.49. The number of amides is 1. The van der Waals surface area contributed by atoms with E-state index in [0.29, 0.717) is 31.0 Å². The van der Waals surface area contributed by atoms with E-state index in [1.807, 2.05) is 35.5 Å². The number of allylic oxidation sites excluding steroid dienone is 1. The Labute approximate surface area is 266 Å². The second-order valence-electron chi connectivity index (χ2n) is 12.7. The number of piperidine rings is 1. The Kier molecular flexibility index (Phi) is 8.99. The first-order valence-electron chi connectivity index (χ1n) is 16.2. The molecule has 2 aromatic heterocycles. The van der Waals surface area contributed by atoms with E-state index >= 15 is 0 Å². The SMILES string of the molecule is COc1cc(N2CCC(c3ccc(OCCN4[C@H](C)CN(C(C)=O)C[C@@H]4C)cc3)CC2)ncc1-c1cn(C)c(=O)c2c1C=CC2. The summed E-state index contributed by atoms with van der Waals surface area (Å²) in [5.74, 6) is 3.23. The Balaban J connectivity index is 1.04. The molecule has 2 aliphatic heterocycles. The number of carbonyl (C=O) groups is 1. The Hall–Kier alpha value is -4.11. The van der Waals surface area contributed by atoms with Gasteiger partial charge in [0.25, 0.3) is 5.56 Å². The molecular weight excluding hydrogens is 566 g/mol. The predicted octanol–water partition coefficient (Wildman–Crippen LogP) is 4.73. The monoisotopic (exact) mass is 611 g/mol. The van der Waals surface area contributed by atoms with Crippen molar-refractivity contribution in [2.75, 3.05) is 51.3 Å². The molecule has 3 aliphatic rings. The molecule has 0 saturated carbocycles. The van der Waals surface area contributed by atoms with Gasteiger partial charge in [0.05, 0.1) is 7.11 Å². The van der Waals surface area contributed by atoms with Crippen molar-refractivity contribution in [1.82, 2.24) is 19.4 Å². The van der Waals surface area contributed by atoms with E-state index in [2.05, 4.69) is 47.9 Å². The summed E-state index contributed by atoms with van der Waals surface area (Å²) in [6.07, 6.45) is 10.6. The van der Waals surface area contributed by atoms with Crippen LogP contribution in [0.1, 0.15) is 56.2 Å². The van der Waals surface area contributed by atoms with Crippen LogP contribution in [0, 0.1) is 0 Å². The van der Waals surface area contributed by atoms with Gasteiger partial charge in [-0.2, -0.15) is 0 Å². The fourth-order valence-electron chi connectivity index (χ4n) is 7.28. The minimum absolute atomic E-state index is 0.0497. The van der Waals surface area contributed by atoms with Crippen LogP contribution in [0.5, 0.6) is 11.5 Å². The zero-order valence-corrected chi connectivity index (χ0v) is 27.2. The fraction of sp³-hybridized carbons (Fsp3) is 0.472. The highest BCUT2D eigenvalue weighted by atomic mass is 16.5. The lowest BCUT2D eigenvalue weighted by molar-refractivity contribution is -0.133. The lowest BCUT2D eigenvalue weighted by Gasteiger charge is -2.44. The number of aromatic nitrogens is 2. The topological polar surface area (TPSA) is 80.1 Å². The van der Waals surface area contributed by atoms with Gasteiger partial charge < -0.3 is 23.8 Å². The van der Waals surface area contributed by atoms with Gasteiger partial charge in [0.1, 0.15) is 23.9 Å². The molecule has 2 saturated heterocycles. The molecule has 6 rings (SSSR count). The molecule has 9 heteroatoms. The maximum Gasteiger partial charge on any atom is 0.254 e. The molecule has 238 valence electrons. The summed E-state index contributed by atoms with van der Waals surface area (Å²) < 4.78 is 13.6. The van der Waals surface area contributed by atoms with Gasteiger partial charge in [0.2, 0.25) is 5.91 Å². The van der Waals surface area contributed by atoms with Crippen molar-refractivity contribution in [3.05, 3.63) is 75.8 Å². The number of hydrogen-bond acceptors (Lipinski definition) is 7. The Morgan fingerprint density at radius 3 is 2.42 bits per heavy atom. The second-order valence-corrected chi connectivity index (χ2v) is 12.7. The van der Waals surface area contributed by atoms with E-state index < -0.39 is 0 Å². The van der Waals surface area contributed by atoms with Crippen LogP contribution >= 0.6 is 0 Å². The molecule has 2 atom stereocenters. The van der Waals surface area contributed by atoms with Crippen LogP contribution in [0.25, 0.3) is 17.2 Å². The number of benzene rings is 1. The normalized spacial score (nSPS) is 20.4. The second kappa shape index (κ2) is 13.1. The van der Waals surface area contributed by atoms with Gasteiger partial charge in [-0.3, -0.25) is 14.5 Å². The number of anilines is 1. The van der Waals surface area contributed by atoms with Crippen molar-refractivity contribution >= 4 is 17.8 Å². The first-order valence-corrected chi connectivity index (χ1v) is 16.2. The lowest BCUT2D eigenvalue weighted by atomic mass is 9.89. The molecule has 0 bridgehead atoms. The maximum absolute atomic E-state index is 12.6. The van der Waals surface area contributed by atoms with Crippen molar-refractivity contribution in [3.63, 3.8) is 0 Å². The van der Waals surface area contributed by atoms with Crippen LogP contribution in [-0.2, 0) is 18.3 Å². The zero-order chi connectivity index (χ0) is 31.7. The first-order chi connectivity index (χ1) is 21.7. The van der Waals surface area contributed by atoms with Crippen molar-refractivity contribution in [2.45, 2.75) is 58.0 Å². The van der Waals surface area contributed by atoms with Gasteiger partial charge in [-0.15, -0.1) is 0 Å². The quantitative estimate of drug-likeness (QED) is 0.365. The first kappa shape index (κ1) is 30.9. The van der Waals surface area contributed by atoms with Gasteiger partial charge in [-0.25, -0.2) is 4.98 Å². The van der Waals surface area contributed by atoms with Gasteiger partial charge in [-0.05, 0) is 62.3 Å². The molecule has 1 aliphatic carbocycles. The Bertz CT molecular complexity index is 1610. The van der Waals surface area contributed by atoms with Crippen LogP contribution in [0.4, 0.5) is 5.82 Å². The molecule has 1 aromatic carbocycles. The fourth-order valence-corrected chi connectivity index (χ4v) is 7.28. The van der Waals surface area contributed by atoms with Gasteiger partial charge >= 0.3 is 0 Å². The largest absolute Gasteiger partial charge is 0.496 e. The summed E-state index contributed by atoms with van der Waals surface area (Å²) in [5, 5.41) is 0. The lowest BCUT2D eigenvalue weighted by Crippen LogP contribution is -2.58. The third kappa shape index (κ3) is 6.36. The molecule has 3 aromatic rings. The number of pyridine rings is 2. The number of aryl methyl sites for hydroxylation is 1. The van der Waals surface area contributed by atoms with Crippen LogP contribution in [-0.4, -0.2) is 83.8 Å². The molecule has 0 unspecified atom stereocenters. The summed E-state index contributed by atoms with van der Waals surface area (Å²) in [6, 6.07) is 11.3. The van der Waals surface area contributed by atoms with Crippen LogP contribution in [0.2, 0.25) is 0 Å². The maximum atomic E-state index is 12.6. The number of hydrogen-bond donors (Lipinski definition) is 0. The van der Waals surface area contributed by atoms with Crippen LogP contribution < -0.4 is 19.9 Å². The zero-order valence-electron chi connectivity index (χ0n) is 27.2. The van der Waals surface area contributed by atoms with Crippen molar-refractivity contribution in [1.29, 1.82) is 0 Å². The number of carbonyl (C=O) groups excluding carboxylic acids is 1. The summed E-state index contributed by atoms with van der Waals surface area (Å²) in [5.41, 5.74) is 5.07. The summed E-state index contributed by atoms with van der Waals surface area (Å²) in [4.78, 5) is 36.0. The number of rotatable bonds is 8. The average molecular weight is 612 g/mol. The van der Waals surface area contributed by atoms with Gasteiger partial charge in [0.15, 0.2) is 0 Å². The smallest absolute Gasteiger partial charge is 0.254 e. The number of piperazine rings is 1. The minimum Gasteiger partial charge on any atom is -0.496 e. The molecule has 0 radical (unpaired) electrons. The highest BCUT2D eigenvalue weighted by Gasteiger charge is 2.30. The molecule has 45 heavy (non-hydrogen) atoms. The Morgan fingerprint density at radius 1 is 1.04 bits per heavy atom. The third-order valence-electron chi connectivity index (χ3n) is 9.82. The van der Waals surface area contributed by atoms with Gasteiger partial charge in [-0.1, -0.05) is 24.3 Å². The van der Waals surface area contributed by atoms with E-state index in [0.717, 1.165) is 85.1 Å². The molecule has 0 N–H and O–H groups in total. The van der Waals surface area contributed by atoms with E-state index in [1.54, 1.807) is 25.6 Å². The molecule has 0 spiro atoms. The van der Waals surface area contributed by atoms with Crippen molar-refractivity contribution in [3.8, 4) is 22.6 Å². The van der Waals surface area contributed by atoms with Gasteiger partial charge in [0, 0.05) is 93.9 Å². The minimum atomic E-state index is 0.0497. The van der Waals surface area contributed by atoms with E-state index in [9.17, 15) is 9.59 Å². The molecule has 2 fully saturated rings. The van der Waals surface area contributed by atoms with Crippen LogP contribution in [0.15, 0.2) is 53.6 Å². The number of nitrogens with zero attached hydrogens (tertiary/aromatic N) is 5. The van der Waals surface area contributed by atoms with E-state index in [4.69, 9.17) is 14.5 Å². The number of fused-ring (bicyclic) bond motifs is 1. The number of ether oxygens (including phenoxy) is 2. The molecule has 4 heterocycles. The van der Waals surface area contributed by atoms with E-state index in [1.165, 1.54) is 5.56 Å². The third-order valence-corrected chi connectivity index (χ3v) is 9.82. The molecule has 1 amide bonds. The number of methoxy groups -OCH3 is 1. The van der Waals surface area contributed by atoms with Crippen molar-refractivity contribution < 1.29 is 14.3 Å². The average Bonchev–Trinajstić information content (AvgIpc) is 3.55. The summed E-state index contributed by atoms with van der Waals surface area (Å²) in [6.45, 7) is 10.9. The predicted molar refractivity (Wildman–Crippen MR) is 178 cm³/mol.